The molecule has 0 saturated carbocycles. The highest BCUT2D eigenvalue weighted by molar-refractivity contribution is 7.99. The van der Waals surface area contributed by atoms with Crippen molar-refractivity contribution in [1.82, 2.24) is 4.98 Å². The molecule has 1 aromatic rings. The zero-order valence-corrected chi connectivity index (χ0v) is 8.19. The first-order chi connectivity index (χ1) is 7.13. The van der Waals surface area contributed by atoms with Gasteiger partial charge in [0.2, 0.25) is 0 Å². The van der Waals surface area contributed by atoms with Crippen LogP contribution < -0.4 is 0 Å². The number of aromatic nitrogens is 1. The van der Waals surface area contributed by atoms with Gasteiger partial charge in [0.25, 0.3) is 5.22 Å². The number of carbonyl (C=O) groups is 1. The summed E-state index contributed by atoms with van der Waals surface area (Å²) < 4.78 is 40.4. The molecule has 0 atom stereocenters. The van der Waals surface area contributed by atoms with Crippen molar-refractivity contribution in [1.29, 1.82) is 0 Å². The van der Waals surface area contributed by atoms with E-state index in [4.69, 9.17) is 4.42 Å². The third-order valence-corrected chi connectivity index (χ3v) is 2.21. The van der Waals surface area contributed by atoms with Gasteiger partial charge in [-0.1, -0.05) is 11.8 Å². The van der Waals surface area contributed by atoms with Gasteiger partial charge in [-0.25, -0.2) is 9.37 Å². The zero-order valence-electron chi connectivity index (χ0n) is 7.37. The lowest BCUT2D eigenvalue weighted by molar-refractivity contribution is 0.109. The van der Waals surface area contributed by atoms with Gasteiger partial charge in [0.05, 0.1) is 6.20 Å². The number of hydrogen-bond acceptors (Lipinski definition) is 4. The van der Waals surface area contributed by atoms with Gasteiger partial charge in [0, 0.05) is 12.2 Å². The van der Waals surface area contributed by atoms with Gasteiger partial charge in [0.15, 0.2) is 17.9 Å². The summed E-state index contributed by atoms with van der Waals surface area (Å²) in [6.45, 7) is 0. The van der Waals surface area contributed by atoms with Crippen LogP contribution in [0, 0.1) is 0 Å². The average molecular weight is 237 g/mol. The van der Waals surface area contributed by atoms with Gasteiger partial charge in [0.1, 0.15) is 0 Å². The van der Waals surface area contributed by atoms with Crippen molar-refractivity contribution < 1.29 is 22.4 Å². The van der Waals surface area contributed by atoms with Crippen LogP contribution in [0.1, 0.15) is 17.0 Å². The van der Waals surface area contributed by atoms with Gasteiger partial charge in [-0.15, -0.1) is 0 Å². The number of aldehydes is 1. The Morgan fingerprint density at radius 1 is 1.53 bits per heavy atom. The molecule has 0 amide bonds. The van der Waals surface area contributed by atoms with Gasteiger partial charge >= 0.3 is 6.08 Å². The van der Waals surface area contributed by atoms with Crippen LogP contribution in [0.3, 0.4) is 0 Å². The normalized spacial score (nSPS) is 10.1. The third kappa shape index (κ3) is 3.78. The molecule has 1 rings (SSSR count). The molecule has 0 aliphatic heterocycles. The number of oxazole rings is 1. The number of hydrogen-bond donors (Lipinski definition) is 0. The molecule has 7 heteroatoms. The van der Waals surface area contributed by atoms with Gasteiger partial charge in [-0.3, -0.25) is 4.79 Å². The molecule has 1 aromatic heterocycles. The molecule has 0 radical (unpaired) electrons. The molecule has 82 valence electrons. The Morgan fingerprint density at radius 2 is 2.27 bits per heavy atom. The highest BCUT2D eigenvalue weighted by Crippen LogP contribution is 2.21. The first-order valence-corrected chi connectivity index (χ1v) is 4.85. The van der Waals surface area contributed by atoms with Crippen molar-refractivity contribution in [3.8, 4) is 0 Å². The topological polar surface area (TPSA) is 43.1 Å². The van der Waals surface area contributed by atoms with Crippen molar-refractivity contribution >= 4 is 18.0 Å². The summed E-state index contributed by atoms with van der Waals surface area (Å²) in [5, 5.41) is 0.157. The van der Waals surface area contributed by atoms with E-state index >= 15 is 0 Å². The fourth-order valence-corrected chi connectivity index (χ4v) is 1.45. The molecule has 3 nitrogen and oxygen atoms in total. The zero-order chi connectivity index (χ0) is 11.3. The number of nitrogens with zero attached hydrogens (tertiary/aromatic N) is 1. The SMILES string of the molecule is O=Cc1cnc(SCCC(F)=C(F)F)o1. The lowest BCUT2D eigenvalue weighted by atomic mass is 10.4. The fraction of sp³-hybridized carbons (Fsp3) is 0.250. The quantitative estimate of drug-likeness (QED) is 0.583. The van der Waals surface area contributed by atoms with Crippen LogP contribution >= 0.6 is 11.8 Å². The monoisotopic (exact) mass is 237 g/mol. The second kappa shape index (κ2) is 5.59. The summed E-state index contributed by atoms with van der Waals surface area (Å²) in [6.07, 6.45) is -1.03. The predicted octanol–water partition coefficient (Wildman–Crippen LogP) is 3.05. The third-order valence-electron chi connectivity index (χ3n) is 1.37. The van der Waals surface area contributed by atoms with Crippen LogP contribution in [0.15, 0.2) is 27.7 Å². The minimum atomic E-state index is -2.31. The van der Waals surface area contributed by atoms with Crippen LogP contribution in [-0.4, -0.2) is 17.0 Å². The maximum atomic E-state index is 12.3. The molecule has 0 aromatic carbocycles. The summed E-state index contributed by atoms with van der Waals surface area (Å²) in [4.78, 5) is 13.8. The van der Waals surface area contributed by atoms with E-state index in [0.29, 0.717) is 6.29 Å². The molecule has 15 heavy (non-hydrogen) atoms. The highest BCUT2D eigenvalue weighted by Gasteiger charge is 2.07. The summed E-state index contributed by atoms with van der Waals surface area (Å²) in [7, 11) is 0. The van der Waals surface area contributed by atoms with Crippen LogP contribution in [0.4, 0.5) is 13.2 Å². The molecular weight excluding hydrogens is 231 g/mol. The molecular formula is C8H6F3NO2S. The molecule has 0 saturated heterocycles. The second-order valence-electron chi connectivity index (χ2n) is 2.41. The van der Waals surface area contributed by atoms with E-state index in [1.54, 1.807) is 0 Å². The van der Waals surface area contributed by atoms with Crippen LogP contribution in [0.5, 0.6) is 0 Å². The highest BCUT2D eigenvalue weighted by atomic mass is 32.2. The number of carbonyl (C=O) groups excluding carboxylic acids is 1. The summed E-state index contributed by atoms with van der Waals surface area (Å²) >= 11 is 0.958. The Kier molecular flexibility index (Phi) is 4.41. The summed E-state index contributed by atoms with van der Waals surface area (Å²) in [5.74, 6) is -1.32. The molecule has 0 fully saturated rings. The van der Waals surface area contributed by atoms with E-state index in [1.807, 2.05) is 0 Å². The van der Waals surface area contributed by atoms with E-state index in [2.05, 4.69) is 4.98 Å². The Morgan fingerprint density at radius 3 is 2.80 bits per heavy atom. The van der Waals surface area contributed by atoms with Crippen molar-refractivity contribution in [2.45, 2.75) is 11.6 Å². The van der Waals surface area contributed by atoms with Crippen molar-refractivity contribution in [2.75, 3.05) is 5.75 Å². The summed E-state index contributed by atoms with van der Waals surface area (Å²) in [5.41, 5.74) is 0. The van der Waals surface area contributed by atoms with Gasteiger partial charge in [-0.05, 0) is 0 Å². The number of allylic oxidation sites excluding steroid dienone is 1. The molecule has 0 aliphatic carbocycles. The van der Waals surface area contributed by atoms with Crippen molar-refractivity contribution in [2.24, 2.45) is 0 Å². The van der Waals surface area contributed by atoms with Crippen LogP contribution in [0.25, 0.3) is 0 Å². The molecule has 1 heterocycles. The standard InChI is InChI=1S/C8H6F3NO2S/c9-6(7(10)11)1-2-15-8-12-3-5(4-13)14-8/h3-4H,1-2H2. The fourth-order valence-electron chi connectivity index (χ4n) is 0.714. The lowest BCUT2D eigenvalue weighted by Gasteiger charge is -1.94. The minimum absolute atomic E-state index is 0.0465. The molecule has 0 unspecified atom stereocenters. The number of halogens is 3. The molecule has 0 bridgehead atoms. The molecule has 0 spiro atoms. The van der Waals surface area contributed by atoms with Gasteiger partial charge < -0.3 is 4.42 Å². The Balaban J connectivity index is 2.38. The van der Waals surface area contributed by atoms with E-state index in [0.717, 1.165) is 11.8 Å². The number of rotatable bonds is 5. The Labute approximate surface area is 87.4 Å². The summed E-state index contributed by atoms with van der Waals surface area (Å²) in [6, 6.07) is 0. The average Bonchev–Trinajstić information content (AvgIpc) is 2.65. The first kappa shape index (κ1) is 11.8. The molecule has 0 N–H and O–H groups in total. The first-order valence-electron chi connectivity index (χ1n) is 3.87. The van der Waals surface area contributed by atoms with E-state index < -0.39 is 18.3 Å². The van der Waals surface area contributed by atoms with Crippen LogP contribution in [-0.2, 0) is 0 Å². The Bertz CT molecular complexity index is 374. The van der Waals surface area contributed by atoms with E-state index in [9.17, 15) is 18.0 Å². The van der Waals surface area contributed by atoms with E-state index in [1.165, 1.54) is 6.20 Å². The maximum Gasteiger partial charge on any atom is 0.301 e. The van der Waals surface area contributed by atoms with Gasteiger partial charge in [-0.2, -0.15) is 8.78 Å². The van der Waals surface area contributed by atoms with E-state index in [-0.39, 0.29) is 16.7 Å². The van der Waals surface area contributed by atoms with Crippen LogP contribution in [0.2, 0.25) is 0 Å². The van der Waals surface area contributed by atoms with Crippen molar-refractivity contribution in [3.05, 3.63) is 23.9 Å². The largest absolute Gasteiger partial charge is 0.429 e. The molecule has 0 aliphatic rings. The smallest absolute Gasteiger partial charge is 0.301 e. The lowest BCUT2D eigenvalue weighted by Crippen LogP contribution is -1.82. The van der Waals surface area contributed by atoms with Crippen molar-refractivity contribution in [3.63, 3.8) is 0 Å². The minimum Gasteiger partial charge on any atom is -0.429 e. The Hall–Kier alpha value is -1.24. The maximum absolute atomic E-state index is 12.3. The predicted molar refractivity (Wildman–Crippen MR) is 47.6 cm³/mol. The second-order valence-corrected chi connectivity index (χ2v) is 3.46. The number of thioether (sulfide) groups is 1.